The van der Waals surface area contributed by atoms with Gasteiger partial charge in [-0.15, -0.1) is 0 Å². The van der Waals surface area contributed by atoms with Gasteiger partial charge in [0.1, 0.15) is 6.04 Å². The van der Waals surface area contributed by atoms with E-state index in [1.165, 1.54) is 4.31 Å². The molecule has 2 rings (SSSR count). The van der Waals surface area contributed by atoms with Gasteiger partial charge in [0, 0.05) is 25.6 Å². The maximum absolute atomic E-state index is 12.8. The van der Waals surface area contributed by atoms with Crippen molar-refractivity contribution < 1.29 is 18.0 Å². The number of carbonyl (C=O) groups is 2. The van der Waals surface area contributed by atoms with Crippen molar-refractivity contribution in [3.05, 3.63) is 29.8 Å². The van der Waals surface area contributed by atoms with Gasteiger partial charge >= 0.3 is 0 Å². The summed E-state index contributed by atoms with van der Waals surface area (Å²) in [5, 5.41) is 5.59. The Labute approximate surface area is 174 Å². The van der Waals surface area contributed by atoms with E-state index in [1.807, 2.05) is 6.92 Å². The number of hydrogen-bond donors (Lipinski definition) is 2. The first-order chi connectivity index (χ1) is 13.6. The van der Waals surface area contributed by atoms with Crippen LogP contribution in [0.1, 0.15) is 45.6 Å². The Balaban J connectivity index is 1.84. The second-order valence-corrected chi connectivity index (χ2v) is 10.1. The third kappa shape index (κ3) is 6.54. The van der Waals surface area contributed by atoms with Crippen molar-refractivity contribution in [1.29, 1.82) is 0 Å². The molecule has 1 saturated heterocycles. The van der Waals surface area contributed by atoms with Gasteiger partial charge < -0.3 is 10.6 Å². The first-order valence-corrected chi connectivity index (χ1v) is 11.7. The molecule has 0 saturated carbocycles. The number of carbonyl (C=O) groups excluding carboxylic acids is 2. The zero-order chi connectivity index (χ0) is 21.6. The van der Waals surface area contributed by atoms with Crippen molar-refractivity contribution >= 4 is 21.8 Å². The Kier molecular flexibility index (Phi) is 8.22. The molecule has 0 radical (unpaired) electrons. The van der Waals surface area contributed by atoms with Gasteiger partial charge in [-0.1, -0.05) is 31.5 Å². The molecule has 1 unspecified atom stereocenters. The molecule has 2 amide bonds. The minimum atomic E-state index is -3.54. The van der Waals surface area contributed by atoms with Crippen molar-refractivity contribution in [2.75, 3.05) is 19.6 Å². The number of nitrogens with zero attached hydrogens (tertiary/aromatic N) is 1. The number of nitrogens with one attached hydrogen (secondary N) is 2. The van der Waals surface area contributed by atoms with Crippen molar-refractivity contribution in [3.8, 4) is 0 Å². The lowest BCUT2D eigenvalue weighted by Crippen LogP contribution is -2.49. The number of amides is 2. The fourth-order valence-corrected chi connectivity index (χ4v) is 4.72. The van der Waals surface area contributed by atoms with E-state index < -0.39 is 16.1 Å². The number of aryl methyl sites for hydroxylation is 1. The molecule has 1 fully saturated rings. The molecule has 29 heavy (non-hydrogen) atoms. The minimum absolute atomic E-state index is 0.191. The van der Waals surface area contributed by atoms with Crippen LogP contribution in [0, 0.1) is 18.8 Å². The van der Waals surface area contributed by atoms with Gasteiger partial charge in [-0.3, -0.25) is 9.59 Å². The van der Waals surface area contributed by atoms with Crippen LogP contribution < -0.4 is 10.6 Å². The Morgan fingerprint density at radius 3 is 2.24 bits per heavy atom. The van der Waals surface area contributed by atoms with Gasteiger partial charge in [-0.2, -0.15) is 4.31 Å². The zero-order valence-corrected chi connectivity index (χ0v) is 18.6. The summed E-state index contributed by atoms with van der Waals surface area (Å²) in [5.41, 5.74) is 1.00. The average molecular weight is 424 g/mol. The molecular weight excluding hydrogens is 390 g/mol. The number of benzene rings is 1. The number of hydrogen-bond acceptors (Lipinski definition) is 4. The Morgan fingerprint density at radius 1 is 1.10 bits per heavy atom. The van der Waals surface area contributed by atoms with Crippen molar-refractivity contribution in [2.24, 2.45) is 11.8 Å². The van der Waals surface area contributed by atoms with Crippen LogP contribution in [0.2, 0.25) is 0 Å². The molecule has 1 aliphatic rings. The summed E-state index contributed by atoms with van der Waals surface area (Å²) in [6.45, 7) is 8.93. The summed E-state index contributed by atoms with van der Waals surface area (Å²) in [6.07, 6.45) is 1.78. The highest BCUT2D eigenvalue weighted by atomic mass is 32.2. The van der Waals surface area contributed by atoms with Gasteiger partial charge in [-0.25, -0.2) is 8.42 Å². The summed E-state index contributed by atoms with van der Waals surface area (Å²) >= 11 is 0. The lowest BCUT2D eigenvalue weighted by Gasteiger charge is -2.31. The molecule has 1 aromatic carbocycles. The summed E-state index contributed by atoms with van der Waals surface area (Å²) in [4.78, 5) is 24.9. The third-order valence-corrected chi connectivity index (χ3v) is 7.17. The topological polar surface area (TPSA) is 95.6 Å². The lowest BCUT2D eigenvalue weighted by molar-refractivity contribution is -0.131. The minimum Gasteiger partial charge on any atom is -0.354 e. The molecule has 1 heterocycles. The van der Waals surface area contributed by atoms with E-state index >= 15 is 0 Å². The maximum Gasteiger partial charge on any atom is 0.243 e. The van der Waals surface area contributed by atoms with Crippen molar-refractivity contribution in [3.63, 3.8) is 0 Å². The summed E-state index contributed by atoms with van der Waals surface area (Å²) < 4.78 is 27.0. The monoisotopic (exact) mass is 423 g/mol. The quantitative estimate of drug-likeness (QED) is 0.669. The molecule has 0 aliphatic carbocycles. The Bertz CT molecular complexity index is 798. The second-order valence-electron chi connectivity index (χ2n) is 8.20. The van der Waals surface area contributed by atoms with Crippen molar-refractivity contribution in [2.45, 2.75) is 57.9 Å². The molecular formula is C21H33N3O4S. The number of sulfonamides is 1. The van der Waals surface area contributed by atoms with Crippen LogP contribution in [0.5, 0.6) is 0 Å². The highest BCUT2D eigenvalue weighted by Crippen LogP contribution is 2.24. The van der Waals surface area contributed by atoms with Gasteiger partial charge in [0.2, 0.25) is 21.8 Å². The number of rotatable bonds is 8. The fraction of sp³-hybridized carbons (Fsp3) is 0.619. The molecule has 162 valence electrons. The van der Waals surface area contributed by atoms with Gasteiger partial charge in [0.25, 0.3) is 0 Å². The zero-order valence-electron chi connectivity index (χ0n) is 17.8. The summed E-state index contributed by atoms with van der Waals surface area (Å²) in [7, 11) is -3.54. The SMILES string of the molecule is Cc1ccc(S(=O)(=O)N2CCC(C(=O)NC(C)C(=O)NCCC(C)C)CC2)cc1. The van der Waals surface area contributed by atoms with Crippen LogP contribution >= 0.6 is 0 Å². The van der Waals surface area contributed by atoms with Crippen LogP contribution in [0.25, 0.3) is 0 Å². The molecule has 1 atom stereocenters. The maximum atomic E-state index is 12.8. The normalized spacial score (nSPS) is 17.1. The Morgan fingerprint density at radius 2 is 1.69 bits per heavy atom. The summed E-state index contributed by atoms with van der Waals surface area (Å²) in [6, 6.07) is 6.18. The van der Waals surface area contributed by atoms with Crippen LogP contribution in [0.3, 0.4) is 0 Å². The van der Waals surface area contributed by atoms with E-state index in [9.17, 15) is 18.0 Å². The standard InChI is InChI=1S/C21H33N3O4S/c1-15(2)9-12-22-20(25)17(4)23-21(26)18-10-13-24(14-11-18)29(27,28)19-7-5-16(3)6-8-19/h5-8,15,17-18H,9-14H2,1-4H3,(H,22,25)(H,23,26). The Hall–Kier alpha value is -1.93. The van der Waals surface area contributed by atoms with Crippen LogP contribution in [-0.2, 0) is 19.6 Å². The van der Waals surface area contributed by atoms with E-state index in [4.69, 9.17) is 0 Å². The molecule has 7 nitrogen and oxygen atoms in total. The van der Waals surface area contributed by atoms with Crippen LogP contribution in [0.15, 0.2) is 29.2 Å². The predicted octanol–water partition coefficient (Wildman–Crippen LogP) is 2.06. The largest absolute Gasteiger partial charge is 0.354 e. The third-order valence-electron chi connectivity index (χ3n) is 5.26. The molecule has 0 bridgehead atoms. The lowest BCUT2D eigenvalue weighted by atomic mass is 9.97. The average Bonchev–Trinajstić information content (AvgIpc) is 2.68. The van der Waals surface area contributed by atoms with E-state index in [2.05, 4.69) is 24.5 Å². The van der Waals surface area contributed by atoms with Gasteiger partial charge in [-0.05, 0) is 51.2 Å². The summed E-state index contributed by atoms with van der Waals surface area (Å²) in [5.74, 6) is -0.172. The van der Waals surface area contributed by atoms with E-state index in [-0.39, 0.29) is 22.6 Å². The first kappa shape index (κ1) is 23.3. The molecule has 1 aliphatic heterocycles. The van der Waals surface area contributed by atoms with Gasteiger partial charge in [0.15, 0.2) is 0 Å². The van der Waals surface area contributed by atoms with E-state index in [0.29, 0.717) is 38.4 Å². The predicted molar refractivity (Wildman–Crippen MR) is 113 cm³/mol. The molecule has 0 aromatic heterocycles. The highest BCUT2D eigenvalue weighted by molar-refractivity contribution is 7.89. The first-order valence-electron chi connectivity index (χ1n) is 10.3. The fourth-order valence-electron chi connectivity index (χ4n) is 3.25. The number of piperidine rings is 1. The molecule has 1 aromatic rings. The molecule has 0 spiro atoms. The van der Waals surface area contributed by atoms with E-state index in [0.717, 1.165) is 12.0 Å². The van der Waals surface area contributed by atoms with E-state index in [1.54, 1.807) is 31.2 Å². The highest BCUT2D eigenvalue weighted by Gasteiger charge is 2.32. The smallest absolute Gasteiger partial charge is 0.243 e. The molecule has 8 heteroatoms. The van der Waals surface area contributed by atoms with Crippen LogP contribution in [0.4, 0.5) is 0 Å². The van der Waals surface area contributed by atoms with Crippen LogP contribution in [-0.4, -0.2) is 50.2 Å². The van der Waals surface area contributed by atoms with Gasteiger partial charge in [0.05, 0.1) is 4.90 Å². The van der Waals surface area contributed by atoms with Crippen molar-refractivity contribution in [1.82, 2.24) is 14.9 Å². The molecule has 2 N–H and O–H groups in total. The second kappa shape index (κ2) is 10.2.